The first-order valence-corrected chi connectivity index (χ1v) is 8.58. The van der Waals surface area contributed by atoms with Crippen LogP contribution in [-0.2, 0) is 9.53 Å². The van der Waals surface area contributed by atoms with Gasteiger partial charge in [-0.1, -0.05) is 24.2 Å². The summed E-state index contributed by atoms with van der Waals surface area (Å²) in [5.74, 6) is -0.123. The Balaban J connectivity index is 1.67. The highest BCUT2D eigenvalue weighted by atomic mass is 32.1. The third-order valence-electron chi connectivity index (χ3n) is 4.35. The van der Waals surface area contributed by atoms with Crippen molar-refractivity contribution in [1.82, 2.24) is 9.88 Å². The van der Waals surface area contributed by atoms with Gasteiger partial charge in [-0.25, -0.2) is 4.98 Å². The van der Waals surface area contributed by atoms with E-state index in [0.29, 0.717) is 29.3 Å². The third-order valence-corrected chi connectivity index (χ3v) is 5.36. The molecule has 1 aliphatic carbocycles. The summed E-state index contributed by atoms with van der Waals surface area (Å²) in [5.41, 5.74) is 0. The van der Waals surface area contributed by atoms with Crippen molar-refractivity contribution in [3.63, 3.8) is 0 Å². The SMILES string of the molecule is CC(=O)c1cnc(NC(=O)[C@H]2COCCN2C2CCCC2)s1. The number of anilines is 1. The first-order chi connectivity index (χ1) is 10.6. The minimum Gasteiger partial charge on any atom is -0.378 e. The number of hydrogen-bond donors (Lipinski definition) is 1. The lowest BCUT2D eigenvalue weighted by Crippen LogP contribution is -2.55. The van der Waals surface area contributed by atoms with E-state index in [1.54, 1.807) is 0 Å². The van der Waals surface area contributed by atoms with Gasteiger partial charge in [0, 0.05) is 19.5 Å². The Morgan fingerprint density at radius 1 is 1.41 bits per heavy atom. The van der Waals surface area contributed by atoms with Crippen molar-refractivity contribution in [2.24, 2.45) is 0 Å². The van der Waals surface area contributed by atoms with Gasteiger partial charge in [0.25, 0.3) is 0 Å². The van der Waals surface area contributed by atoms with Gasteiger partial charge in [0.2, 0.25) is 5.91 Å². The third kappa shape index (κ3) is 3.37. The topological polar surface area (TPSA) is 71.5 Å². The van der Waals surface area contributed by atoms with Crippen LogP contribution in [0.5, 0.6) is 0 Å². The molecule has 0 radical (unpaired) electrons. The van der Waals surface area contributed by atoms with E-state index in [2.05, 4.69) is 15.2 Å². The zero-order chi connectivity index (χ0) is 15.5. The second-order valence-electron chi connectivity index (χ2n) is 5.84. The standard InChI is InChI=1S/C15H21N3O3S/c1-10(19)13-8-16-15(22-13)17-14(20)12-9-21-7-6-18(12)11-4-2-3-5-11/h8,11-12H,2-7,9H2,1H3,(H,16,17,20)/t12-/m1/s1. The number of ether oxygens (including phenoxy) is 1. The van der Waals surface area contributed by atoms with Crippen molar-refractivity contribution in [2.75, 3.05) is 25.1 Å². The van der Waals surface area contributed by atoms with Gasteiger partial charge < -0.3 is 10.1 Å². The Kier molecular flexibility index (Phi) is 4.85. The van der Waals surface area contributed by atoms with E-state index < -0.39 is 0 Å². The molecular formula is C15H21N3O3S. The van der Waals surface area contributed by atoms with E-state index in [4.69, 9.17) is 4.74 Å². The van der Waals surface area contributed by atoms with Gasteiger partial charge in [0.05, 0.1) is 24.3 Å². The zero-order valence-corrected chi connectivity index (χ0v) is 13.5. The van der Waals surface area contributed by atoms with Crippen molar-refractivity contribution in [2.45, 2.75) is 44.7 Å². The first-order valence-electron chi connectivity index (χ1n) is 7.76. The maximum Gasteiger partial charge on any atom is 0.245 e. The molecule has 2 fully saturated rings. The Morgan fingerprint density at radius 3 is 2.86 bits per heavy atom. The van der Waals surface area contributed by atoms with Crippen LogP contribution < -0.4 is 5.32 Å². The number of ketones is 1. The Labute approximate surface area is 133 Å². The number of carbonyl (C=O) groups excluding carboxylic acids is 2. The molecule has 1 saturated heterocycles. The minimum atomic E-state index is -0.262. The summed E-state index contributed by atoms with van der Waals surface area (Å²) in [6.45, 7) is 3.41. The van der Waals surface area contributed by atoms with Crippen LogP contribution >= 0.6 is 11.3 Å². The summed E-state index contributed by atoms with van der Waals surface area (Å²) in [7, 11) is 0. The molecule has 2 aliphatic rings. The predicted octanol–water partition coefficient (Wildman–Crippen LogP) is 1.93. The molecule has 1 aromatic rings. The van der Waals surface area contributed by atoms with Crippen LogP contribution in [0.2, 0.25) is 0 Å². The van der Waals surface area contributed by atoms with E-state index in [9.17, 15) is 9.59 Å². The number of morpholine rings is 1. The van der Waals surface area contributed by atoms with E-state index in [1.807, 2.05) is 0 Å². The van der Waals surface area contributed by atoms with Crippen LogP contribution in [0.3, 0.4) is 0 Å². The van der Waals surface area contributed by atoms with Crippen LogP contribution in [0.15, 0.2) is 6.20 Å². The van der Waals surface area contributed by atoms with Crippen molar-refractivity contribution in [3.8, 4) is 0 Å². The highest BCUT2D eigenvalue weighted by molar-refractivity contribution is 7.17. The average molecular weight is 323 g/mol. The molecule has 0 spiro atoms. The van der Waals surface area contributed by atoms with Crippen molar-refractivity contribution in [3.05, 3.63) is 11.1 Å². The molecule has 3 rings (SSSR count). The van der Waals surface area contributed by atoms with Crippen molar-refractivity contribution in [1.29, 1.82) is 0 Å². The number of aromatic nitrogens is 1. The lowest BCUT2D eigenvalue weighted by Gasteiger charge is -2.38. The average Bonchev–Trinajstić information content (AvgIpc) is 3.18. The lowest BCUT2D eigenvalue weighted by molar-refractivity contribution is -0.129. The number of carbonyl (C=O) groups is 2. The van der Waals surface area contributed by atoms with Gasteiger partial charge in [-0.3, -0.25) is 14.5 Å². The van der Waals surface area contributed by atoms with E-state index >= 15 is 0 Å². The molecule has 7 heteroatoms. The fourth-order valence-electron chi connectivity index (χ4n) is 3.20. The Bertz CT molecular complexity index is 554. The number of nitrogens with zero attached hydrogens (tertiary/aromatic N) is 2. The molecule has 1 aliphatic heterocycles. The molecule has 6 nitrogen and oxygen atoms in total. The molecule has 120 valence electrons. The van der Waals surface area contributed by atoms with Crippen molar-refractivity contribution >= 4 is 28.2 Å². The molecule has 22 heavy (non-hydrogen) atoms. The summed E-state index contributed by atoms with van der Waals surface area (Å²) in [5, 5.41) is 3.31. The Morgan fingerprint density at radius 2 is 2.18 bits per heavy atom. The highest BCUT2D eigenvalue weighted by Crippen LogP contribution is 2.27. The van der Waals surface area contributed by atoms with Crippen molar-refractivity contribution < 1.29 is 14.3 Å². The van der Waals surface area contributed by atoms with Crippen LogP contribution in [0, 0.1) is 0 Å². The molecule has 0 bridgehead atoms. The molecule has 0 unspecified atom stereocenters. The molecule has 2 heterocycles. The normalized spacial score (nSPS) is 23.6. The monoisotopic (exact) mass is 323 g/mol. The number of hydrogen-bond acceptors (Lipinski definition) is 6. The predicted molar refractivity (Wildman–Crippen MR) is 84.3 cm³/mol. The van der Waals surface area contributed by atoms with Crippen LogP contribution in [-0.4, -0.2) is 53.4 Å². The van der Waals surface area contributed by atoms with E-state index in [-0.39, 0.29) is 17.7 Å². The van der Waals surface area contributed by atoms with Gasteiger partial charge in [-0.2, -0.15) is 0 Å². The largest absolute Gasteiger partial charge is 0.378 e. The van der Waals surface area contributed by atoms with Gasteiger partial charge in [0.15, 0.2) is 10.9 Å². The van der Waals surface area contributed by atoms with E-state index in [0.717, 1.165) is 19.4 Å². The molecule has 1 amide bonds. The van der Waals surface area contributed by atoms with Crippen LogP contribution in [0.4, 0.5) is 5.13 Å². The molecule has 0 aromatic carbocycles. The number of amides is 1. The van der Waals surface area contributed by atoms with E-state index in [1.165, 1.54) is 37.3 Å². The fraction of sp³-hybridized carbons (Fsp3) is 0.667. The van der Waals surface area contributed by atoms with Gasteiger partial charge in [-0.15, -0.1) is 0 Å². The molecule has 1 saturated carbocycles. The summed E-state index contributed by atoms with van der Waals surface area (Å²) in [6.07, 6.45) is 6.31. The summed E-state index contributed by atoms with van der Waals surface area (Å²) in [4.78, 5) is 30.8. The maximum atomic E-state index is 12.6. The van der Waals surface area contributed by atoms with Crippen LogP contribution in [0.1, 0.15) is 42.3 Å². The maximum absolute atomic E-state index is 12.6. The zero-order valence-electron chi connectivity index (χ0n) is 12.7. The summed E-state index contributed by atoms with van der Waals surface area (Å²) in [6, 6.07) is 0.227. The first kappa shape index (κ1) is 15.6. The second-order valence-corrected chi connectivity index (χ2v) is 6.87. The molecule has 1 N–H and O–H groups in total. The molecule has 1 atom stereocenters. The Hall–Kier alpha value is -1.31. The van der Waals surface area contributed by atoms with Crippen LogP contribution in [0.25, 0.3) is 0 Å². The minimum absolute atomic E-state index is 0.0356. The number of thiazole rings is 1. The van der Waals surface area contributed by atoms with Gasteiger partial charge >= 0.3 is 0 Å². The smallest absolute Gasteiger partial charge is 0.245 e. The van der Waals surface area contributed by atoms with Gasteiger partial charge in [0.1, 0.15) is 6.04 Å². The number of nitrogens with one attached hydrogen (secondary N) is 1. The highest BCUT2D eigenvalue weighted by Gasteiger charge is 2.35. The van der Waals surface area contributed by atoms with Gasteiger partial charge in [-0.05, 0) is 12.8 Å². The molecular weight excluding hydrogens is 302 g/mol. The lowest BCUT2D eigenvalue weighted by atomic mass is 10.1. The number of Topliss-reactive ketones (excluding diaryl/α,β-unsaturated/α-hetero) is 1. The number of rotatable bonds is 4. The fourth-order valence-corrected chi connectivity index (χ4v) is 3.91. The quantitative estimate of drug-likeness (QED) is 0.857. The molecule has 1 aromatic heterocycles. The summed E-state index contributed by atoms with van der Waals surface area (Å²) >= 11 is 1.21. The summed E-state index contributed by atoms with van der Waals surface area (Å²) < 4.78 is 5.50. The second kappa shape index (κ2) is 6.85.